The number of ketones is 1. The predicted molar refractivity (Wildman–Crippen MR) is 106 cm³/mol. The van der Waals surface area contributed by atoms with E-state index >= 15 is 0 Å². The largest absolute Gasteiger partial charge is 0.496 e. The van der Waals surface area contributed by atoms with Gasteiger partial charge in [-0.15, -0.1) is 11.3 Å². The van der Waals surface area contributed by atoms with Crippen LogP contribution in [0.25, 0.3) is 0 Å². The highest BCUT2D eigenvalue weighted by Crippen LogP contribution is 2.45. The van der Waals surface area contributed by atoms with E-state index in [-0.39, 0.29) is 11.7 Å². The van der Waals surface area contributed by atoms with Crippen molar-refractivity contribution in [3.63, 3.8) is 0 Å². The van der Waals surface area contributed by atoms with Crippen LogP contribution in [0, 0.1) is 0 Å². The van der Waals surface area contributed by atoms with Gasteiger partial charge >= 0.3 is 0 Å². The molecule has 28 heavy (non-hydrogen) atoms. The number of para-hydroxylation sites is 1. The topological polar surface area (TPSA) is 89.3 Å². The number of aromatic nitrogens is 2. The van der Waals surface area contributed by atoms with Crippen LogP contribution < -0.4 is 15.4 Å². The highest BCUT2D eigenvalue weighted by Gasteiger charge is 2.38. The summed E-state index contributed by atoms with van der Waals surface area (Å²) in [7, 11) is 1.63. The number of nitrogens with zero attached hydrogens (tertiary/aromatic N) is 2. The highest BCUT2D eigenvalue weighted by molar-refractivity contribution is 7.10. The van der Waals surface area contributed by atoms with Gasteiger partial charge in [0.25, 0.3) is 0 Å². The molecule has 142 valence electrons. The summed E-state index contributed by atoms with van der Waals surface area (Å²) in [6.45, 7) is 0. The van der Waals surface area contributed by atoms with Gasteiger partial charge in [0, 0.05) is 34.0 Å². The van der Waals surface area contributed by atoms with Gasteiger partial charge in [-0.3, -0.25) is 4.79 Å². The Hall–Kier alpha value is -3.13. The number of rotatable bonds is 3. The van der Waals surface area contributed by atoms with E-state index in [0.29, 0.717) is 29.4 Å². The molecule has 0 bridgehead atoms. The van der Waals surface area contributed by atoms with Crippen molar-refractivity contribution in [2.75, 3.05) is 17.7 Å². The summed E-state index contributed by atoms with van der Waals surface area (Å²) in [4.78, 5) is 14.5. The van der Waals surface area contributed by atoms with E-state index in [1.54, 1.807) is 18.4 Å². The van der Waals surface area contributed by atoms with Crippen LogP contribution in [0.5, 0.6) is 5.75 Å². The van der Waals surface area contributed by atoms with Crippen LogP contribution in [0.4, 0.5) is 11.6 Å². The lowest BCUT2D eigenvalue weighted by molar-refractivity contribution is -0.116. The third-order valence-corrected chi connectivity index (χ3v) is 6.27. The van der Waals surface area contributed by atoms with Crippen LogP contribution in [0.3, 0.4) is 0 Å². The Balaban J connectivity index is 1.64. The average Bonchev–Trinajstić information content (AvgIpc) is 3.37. The number of carbonyl (C=O) groups is 1. The molecule has 0 spiro atoms. The van der Waals surface area contributed by atoms with Gasteiger partial charge in [0.2, 0.25) is 11.6 Å². The number of carbonyl (C=O) groups excluding carboxylic acids is 1. The lowest BCUT2D eigenvalue weighted by atomic mass is 9.80. The zero-order chi connectivity index (χ0) is 19.1. The summed E-state index contributed by atoms with van der Waals surface area (Å²) in [5.74, 6) is 1.94. The molecule has 0 saturated carbocycles. The second-order valence-electron chi connectivity index (χ2n) is 6.84. The molecule has 1 aromatic carbocycles. The molecule has 8 heteroatoms. The van der Waals surface area contributed by atoms with Crippen molar-refractivity contribution in [2.45, 2.75) is 24.8 Å². The van der Waals surface area contributed by atoms with Crippen LogP contribution in [0.15, 0.2) is 57.7 Å². The van der Waals surface area contributed by atoms with Gasteiger partial charge in [0.1, 0.15) is 5.75 Å². The molecule has 3 aromatic rings. The lowest BCUT2D eigenvalue weighted by Crippen LogP contribution is -2.27. The fourth-order valence-electron chi connectivity index (χ4n) is 3.96. The summed E-state index contributed by atoms with van der Waals surface area (Å²) < 4.78 is 10.5. The second-order valence-corrected chi connectivity index (χ2v) is 7.82. The molecule has 0 radical (unpaired) electrons. The van der Waals surface area contributed by atoms with E-state index in [4.69, 9.17) is 9.37 Å². The van der Waals surface area contributed by atoms with Gasteiger partial charge in [-0.05, 0) is 34.2 Å². The number of hydrogen-bond donors (Lipinski definition) is 2. The summed E-state index contributed by atoms with van der Waals surface area (Å²) >= 11 is 1.68. The summed E-state index contributed by atoms with van der Waals surface area (Å²) in [5, 5.41) is 16.6. The van der Waals surface area contributed by atoms with Crippen LogP contribution in [-0.2, 0) is 4.79 Å². The minimum absolute atomic E-state index is 0.109. The first kappa shape index (κ1) is 17.0. The smallest absolute Gasteiger partial charge is 0.219 e. The minimum atomic E-state index is -0.399. The molecule has 1 aliphatic heterocycles. The number of hydrogen-bond acceptors (Lipinski definition) is 8. The van der Waals surface area contributed by atoms with Gasteiger partial charge in [-0.1, -0.05) is 24.3 Å². The Morgan fingerprint density at radius 1 is 1.14 bits per heavy atom. The molecule has 0 unspecified atom stereocenters. The maximum atomic E-state index is 13.3. The molecule has 7 nitrogen and oxygen atoms in total. The van der Waals surface area contributed by atoms with E-state index in [0.717, 1.165) is 17.7 Å². The van der Waals surface area contributed by atoms with Crippen molar-refractivity contribution in [2.24, 2.45) is 0 Å². The molecule has 2 aromatic heterocycles. The Labute approximate surface area is 165 Å². The monoisotopic (exact) mass is 394 g/mol. The van der Waals surface area contributed by atoms with Gasteiger partial charge in [0.05, 0.1) is 13.2 Å². The molecule has 0 saturated heterocycles. The maximum Gasteiger partial charge on any atom is 0.219 e. The molecule has 2 N–H and O–H groups in total. The predicted octanol–water partition coefficient (Wildman–Crippen LogP) is 4.12. The van der Waals surface area contributed by atoms with Gasteiger partial charge < -0.3 is 15.4 Å². The number of thiophene rings is 1. The first-order valence-electron chi connectivity index (χ1n) is 9.03. The second kappa shape index (κ2) is 6.79. The number of Topliss-reactive ketones (excluding diaryl/α,β-unsaturated/α-hetero) is 1. The van der Waals surface area contributed by atoms with Crippen molar-refractivity contribution in [3.8, 4) is 5.75 Å². The van der Waals surface area contributed by atoms with Gasteiger partial charge in [-0.2, -0.15) is 0 Å². The van der Waals surface area contributed by atoms with E-state index < -0.39 is 6.04 Å². The number of anilines is 2. The van der Waals surface area contributed by atoms with E-state index in [9.17, 15) is 4.79 Å². The zero-order valence-electron chi connectivity index (χ0n) is 15.1. The number of allylic oxidation sites excluding steroid dienone is 1. The average molecular weight is 394 g/mol. The number of nitrogens with one attached hydrogen (secondary N) is 2. The number of methoxy groups -OCH3 is 1. The van der Waals surface area contributed by atoms with Crippen LogP contribution in [-0.4, -0.2) is 23.2 Å². The molecule has 3 heterocycles. The van der Waals surface area contributed by atoms with Crippen molar-refractivity contribution in [1.29, 1.82) is 0 Å². The Morgan fingerprint density at radius 2 is 2.00 bits per heavy atom. The molecule has 0 amide bonds. The van der Waals surface area contributed by atoms with Gasteiger partial charge in [0.15, 0.2) is 5.78 Å². The first-order valence-corrected chi connectivity index (χ1v) is 9.91. The van der Waals surface area contributed by atoms with E-state index in [1.807, 2.05) is 35.7 Å². The Bertz CT molecular complexity index is 1060. The molecule has 0 fully saturated rings. The van der Waals surface area contributed by atoms with Crippen molar-refractivity contribution < 1.29 is 14.2 Å². The van der Waals surface area contributed by atoms with Crippen LogP contribution >= 0.6 is 11.3 Å². The van der Waals surface area contributed by atoms with E-state index in [2.05, 4.69) is 27.0 Å². The lowest BCUT2D eigenvalue weighted by Gasteiger charge is -2.29. The minimum Gasteiger partial charge on any atom is -0.496 e. The third kappa shape index (κ3) is 2.77. The highest BCUT2D eigenvalue weighted by atomic mass is 32.1. The zero-order valence-corrected chi connectivity index (χ0v) is 16.0. The molecular weight excluding hydrogens is 376 g/mol. The molecular formula is C20H18N4O3S. The van der Waals surface area contributed by atoms with Crippen LogP contribution in [0.2, 0.25) is 0 Å². The van der Waals surface area contributed by atoms with Crippen LogP contribution in [0.1, 0.15) is 35.2 Å². The molecule has 1 aliphatic carbocycles. The molecule has 2 atom stereocenters. The molecule has 5 rings (SSSR count). The fourth-order valence-corrected chi connectivity index (χ4v) is 4.79. The summed E-state index contributed by atoms with van der Waals surface area (Å²) in [6, 6.07) is 11.4. The van der Waals surface area contributed by atoms with Crippen molar-refractivity contribution in [1.82, 2.24) is 10.3 Å². The standard InChI is InChI=1S/C20H18N4O3S/c1-26-15-6-3-2-5-12(15)18-17-13(21-19-20(22-18)24-27-23-19)9-11(10-14(17)25)16-7-4-8-28-16/h2-8,11,18H,9-10H2,1H3,(H,21,23)(H,22,24)/t11-,18+/m1/s1. The van der Waals surface area contributed by atoms with E-state index in [1.165, 1.54) is 4.88 Å². The number of benzene rings is 1. The summed E-state index contributed by atoms with van der Waals surface area (Å²) in [6.07, 6.45) is 1.20. The number of ether oxygens (including phenoxy) is 1. The van der Waals surface area contributed by atoms with Crippen molar-refractivity contribution in [3.05, 3.63) is 63.5 Å². The Morgan fingerprint density at radius 3 is 2.82 bits per heavy atom. The normalized spacial score (nSPS) is 21.2. The third-order valence-electron chi connectivity index (χ3n) is 5.23. The summed E-state index contributed by atoms with van der Waals surface area (Å²) in [5.41, 5.74) is 2.43. The quantitative estimate of drug-likeness (QED) is 0.691. The maximum absolute atomic E-state index is 13.3. The first-order chi connectivity index (χ1) is 13.7. The Kier molecular flexibility index (Phi) is 4.12. The van der Waals surface area contributed by atoms with Crippen molar-refractivity contribution >= 4 is 28.8 Å². The number of fused-ring (bicyclic) bond motifs is 1. The fraction of sp³-hybridized carbons (Fsp3) is 0.250. The van der Waals surface area contributed by atoms with Gasteiger partial charge in [-0.25, -0.2) is 4.63 Å². The molecule has 2 aliphatic rings. The SMILES string of the molecule is COc1ccccc1[C@@H]1Nc2nonc2NC2=C1C(=O)C[C@H](c1cccs1)C2.